The molecule has 0 saturated heterocycles. The highest BCUT2D eigenvalue weighted by molar-refractivity contribution is 5.91. The van der Waals surface area contributed by atoms with Crippen molar-refractivity contribution in [3.63, 3.8) is 0 Å². The molecule has 0 N–H and O–H groups in total. The maximum atomic E-state index is 11.0. The lowest BCUT2D eigenvalue weighted by Crippen LogP contribution is -2.05. The van der Waals surface area contributed by atoms with Gasteiger partial charge in [-0.1, -0.05) is 0 Å². The predicted octanol–water partition coefficient (Wildman–Crippen LogP) is 0.584. The van der Waals surface area contributed by atoms with Gasteiger partial charge in [-0.2, -0.15) is 0 Å². The van der Waals surface area contributed by atoms with E-state index in [2.05, 4.69) is 4.74 Å². The molecule has 0 fully saturated rings. The summed E-state index contributed by atoms with van der Waals surface area (Å²) >= 11 is 0. The lowest BCUT2D eigenvalue weighted by molar-refractivity contribution is -0.141. The summed E-state index contributed by atoms with van der Waals surface area (Å²) in [7, 11) is 4.96. The number of nitrogens with zero attached hydrogens (tertiary/aromatic N) is 1. The van der Waals surface area contributed by atoms with Crippen LogP contribution in [0.4, 0.5) is 0 Å². The number of carbonyl (C=O) groups is 2. The van der Waals surface area contributed by atoms with Crippen LogP contribution in [0.3, 0.4) is 0 Å². The van der Waals surface area contributed by atoms with Crippen molar-refractivity contribution in [2.24, 2.45) is 0 Å². The number of ether oxygens (including phenoxy) is 1. The highest BCUT2D eigenvalue weighted by Crippen LogP contribution is 1.94. The van der Waals surface area contributed by atoms with E-state index in [1.54, 1.807) is 11.1 Å². The highest BCUT2D eigenvalue weighted by Gasteiger charge is 2.03. The Kier molecular flexibility index (Phi) is 5.59. The van der Waals surface area contributed by atoms with Crippen molar-refractivity contribution in [3.8, 4) is 0 Å². The largest absolute Gasteiger partial charge is 0.469 e. The van der Waals surface area contributed by atoms with Gasteiger partial charge in [-0.15, -0.1) is 0 Å². The molecule has 0 amide bonds. The molecule has 74 valence electrons. The first-order chi connectivity index (χ1) is 6.06. The van der Waals surface area contributed by atoms with Crippen molar-refractivity contribution >= 4 is 11.8 Å². The summed E-state index contributed by atoms with van der Waals surface area (Å²) in [5.74, 6) is -0.425. The predicted molar refractivity (Wildman–Crippen MR) is 49.1 cm³/mol. The lowest BCUT2D eigenvalue weighted by atomic mass is 10.2. The maximum Gasteiger partial charge on any atom is 0.305 e. The fourth-order valence-corrected chi connectivity index (χ4v) is 0.643. The average molecular weight is 185 g/mol. The van der Waals surface area contributed by atoms with E-state index in [-0.39, 0.29) is 24.6 Å². The molecule has 0 aliphatic carbocycles. The van der Waals surface area contributed by atoms with E-state index in [1.165, 1.54) is 13.2 Å². The third-order valence-corrected chi connectivity index (χ3v) is 1.36. The van der Waals surface area contributed by atoms with Crippen molar-refractivity contribution < 1.29 is 14.3 Å². The van der Waals surface area contributed by atoms with Crippen LogP contribution in [0.5, 0.6) is 0 Å². The molecule has 0 rings (SSSR count). The minimum atomic E-state index is -0.355. The Balaban J connectivity index is 3.70. The molecule has 0 aromatic heterocycles. The summed E-state index contributed by atoms with van der Waals surface area (Å²) in [6.07, 6.45) is 3.45. The molecular formula is C9H15NO3. The van der Waals surface area contributed by atoms with E-state index in [1.807, 2.05) is 14.1 Å². The molecule has 0 aromatic carbocycles. The lowest BCUT2D eigenvalue weighted by Gasteiger charge is -2.02. The van der Waals surface area contributed by atoms with Gasteiger partial charge in [0.1, 0.15) is 0 Å². The zero-order valence-electron chi connectivity index (χ0n) is 8.24. The zero-order valence-corrected chi connectivity index (χ0v) is 8.24. The zero-order chi connectivity index (χ0) is 10.3. The van der Waals surface area contributed by atoms with Gasteiger partial charge < -0.3 is 9.64 Å². The first kappa shape index (κ1) is 11.7. The van der Waals surface area contributed by atoms with Crippen LogP contribution in [-0.2, 0) is 14.3 Å². The van der Waals surface area contributed by atoms with Crippen molar-refractivity contribution in [2.75, 3.05) is 21.2 Å². The van der Waals surface area contributed by atoms with Gasteiger partial charge >= 0.3 is 5.97 Å². The molecule has 0 aromatic rings. The number of carbonyl (C=O) groups excluding carboxylic acids is 2. The van der Waals surface area contributed by atoms with Gasteiger partial charge in [0.2, 0.25) is 0 Å². The van der Waals surface area contributed by atoms with Crippen molar-refractivity contribution in [3.05, 3.63) is 12.3 Å². The van der Waals surface area contributed by atoms with Gasteiger partial charge in [-0.3, -0.25) is 9.59 Å². The number of ketones is 1. The molecule has 0 spiro atoms. The number of hydrogen-bond donors (Lipinski definition) is 0. The van der Waals surface area contributed by atoms with Gasteiger partial charge in [0.15, 0.2) is 5.78 Å². The Morgan fingerprint density at radius 2 is 1.92 bits per heavy atom. The maximum absolute atomic E-state index is 11.0. The number of esters is 1. The van der Waals surface area contributed by atoms with Gasteiger partial charge in [-0.25, -0.2) is 0 Å². The Labute approximate surface area is 78.2 Å². The minimum absolute atomic E-state index is 0.0703. The van der Waals surface area contributed by atoms with Crippen molar-refractivity contribution in [2.45, 2.75) is 12.8 Å². The quantitative estimate of drug-likeness (QED) is 0.464. The number of hydrogen-bond acceptors (Lipinski definition) is 4. The second-order valence-electron chi connectivity index (χ2n) is 2.82. The number of methoxy groups -OCH3 is 1. The van der Waals surface area contributed by atoms with Crippen molar-refractivity contribution in [1.29, 1.82) is 0 Å². The summed E-state index contributed by atoms with van der Waals surface area (Å²) < 4.78 is 4.40. The molecule has 0 radical (unpaired) electrons. The second-order valence-corrected chi connectivity index (χ2v) is 2.82. The number of allylic oxidation sites excluding steroid dienone is 1. The van der Waals surface area contributed by atoms with E-state index in [9.17, 15) is 9.59 Å². The molecule has 0 unspecified atom stereocenters. The van der Waals surface area contributed by atoms with Gasteiger partial charge in [-0.05, 0) is 6.08 Å². The SMILES string of the molecule is COC(=O)CCC(=O)C=CN(C)C. The summed E-state index contributed by atoms with van der Waals surface area (Å²) in [5.41, 5.74) is 0. The summed E-state index contributed by atoms with van der Waals surface area (Å²) in [4.78, 5) is 23.5. The van der Waals surface area contributed by atoms with E-state index >= 15 is 0 Å². The Morgan fingerprint density at radius 3 is 2.38 bits per heavy atom. The normalized spacial score (nSPS) is 10.1. The topological polar surface area (TPSA) is 46.6 Å². The molecule has 0 bridgehead atoms. The van der Waals surface area contributed by atoms with Gasteiger partial charge in [0.25, 0.3) is 0 Å². The van der Waals surface area contributed by atoms with Gasteiger partial charge in [0, 0.05) is 26.7 Å². The van der Waals surface area contributed by atoms with Crippen LogP contribution < -0.4 is 0 Å². The summed E-state index contributed by atoms with van der Waals surface area (Å²) in [6.45, 7) is 0. The molecule has 4 nitrogen and oxygen atoms in total. The first-order valence-electron chi connectivity index (χ1n) is 4.00. The second kappa shape index (κ2) is 6.22. The van der Waals surface area contributed by atoms with Gasteiger partial charge in [0.05, 0.1) is 13.5 Å². The summed E-state index contributed by atoms with van der Waals surface area (Å²) in [5, 5.41) is 0. The molecule has 13 heavy (non-hydrogen) atoms. The minimum Gasteiger partial charge on any atom is -0.469 e. The molecule has 0 saturated carbocycles. The Bertz CT molecular complexity index is 209. The van der Waals surface area contributed by atoms with E-state index < -0.39 is 0 Å². The first-order valence-corrected chi connectivity index (χ1v) is 4.00. The standard InChI is InChI=1S/C9H15NO3/c1-10(2)7-6-8(11)4-5-9(12)13-3/h6-7H,4-5H2,1-3H3. The third-order valence-electron chi connectivity index (χ3n) is 1.36. The van der Waals surface area contributed by atoms with Crippen LogP contribution in [0, 0.1) is 0 Å². The molecule has 0 aliphatic heterocycles. The fourth-order valence-electron chi connectivity index (χ4n) is 0.643. The van der Waals surface area contributed by atoms with Crippen LogP contribution in [0.15, 0.2) is 12.3 Å². The van der Waals surface area contributed by atoms with Crippen LogP contribution >= 0.6 is 0 Å². The molecule has 0 aliphatic rings. The molecule has 4 heteroatoms. The van der Waals surface area contributed by atoms with E-state index in [0.717, 1.165) is 0 Å². The van der Waals surface area contributed by atoms with Crippen LogP contribution in [0.2, 0.25) is 0 Å². The molecule has 0 heterocycles. The smallest absolute Gasteiger partial charge is 0.305 e. The molecular weight excluding hydrogens is 170 g/mol. The third kappa shape index (κ3) is 7.05. The Hall–Kier alpha value is -1.32. The fraction of sp³-hybridized carbons (Fsp3) is 0.556. The van der Waals surface area contributed by atoms with Crippen molar-refractivity contribution in [1.82, 2.24) is 4.90 Å². The van der Waals surface area contributed by atoms with Crippen LogP contribution in [0.25, 0.3) is 0 Å². The van der Waals surface area contributed by atoms with E-state index in [0.29, 0.717) is 0 Å². The summed E-state index contributed by atoms with van der Waals surface area (Å²) in [6, 6.07) is 0. The molecule has 0 atom stereocenters. The van der Waals surface area contributed by atoms with Crippen LogP contribution in [-0.4, -0.2) is 37.9 Å². The highest BCUT2D eigenvalue weighted by atomic mass is 16.5. The Morgan fingerprint density at radius 1 is 1.31 bits per heavy atom. The average Bonchev–Trinajstić information content (AvgIpc) is 2.10. The number of rotatable bonds is 5. The van der Waals surface area contributed by atoms with E-state index in [4.69, 9.17) is 0 Å². The monoisotopic (exact) mass is 185 g/mol. The van der Waals surface area contributed by atoms with Crippen LogP contribution in [0.1, 0.15) is 12.8 Å².